The van der Waals surface area contributed by atoms with Crippen LogP contribution in [0, 0.1) is 0 Å². The van der Waals surface area contributed by atoms with Gasteiger partial charge < -0.3 is 25.6 Å². The molecule has 4 rings (SSSR count). The Kier molecular flexibility index (Phi) is 5.36. The van der Waals surface area contributed by atoms with E-state index in [4.69, 9.17) is 19.5 Å². The normalized spacial score (nSPS) is 30.8. The lowest BCUT2D eigenvalue weighted by atomic mass is 10.1. The van der Waals surface area contributed by atoms with Crippen molar-refractivity contribution in [1.29, 1.82) is 0 Å². The van der Waals surface area contributed by atoms with Gasteiger partial charge in [-0.3, -0.25) is 13.6 Å². The summed E-state index contributed by atoms with van der Waals surface area (Å²) < 4.78 is 29.3. The van der Waals surface area contributed by atoms with E-state index in [9.17, 15) is 19.7 Å². The van der Waals surface area contributed by atoms with Crippen molar-refractivity contribution in [3.8, 4) is 0 Å². The maximum Gasteiger partial charge on any atom is 0.472 e. The highest BCUT2D eigenvalue weighted by atomic mass is 31.2. The Balaban J connectivity index is 1.44. The number of aliphatic hydroxyl groups excluding tert-OH is 2. The summed E-state index contributed by atoms with van der Waals surface area (Å²) in [5, 5.41) is 20.6. The molecule has 5 atom stereocenters. The predicted octanol–water partition coefficient (Wildman–Crippen LogP) is 0.104. The van der Waals surface area contributed by atoms with Crippen molar-refractivity contribution in [3.05, 3.63) is 12.7 Å². The summed E-state index contributed by atoms with van der Waals surface area (Å²) in [7, 11) is -4.29. The summed E-state index contributed by atoms with van der Waals surface area (Å²) in [4.78, 5) is 21.9. The zero-order valence-electron chi connectivity index (χ0n) is 14.9. The van der Waals surface area contributed by atoms with Crippen LogP contribution in [0.15, 0.2) is 12.7 Å². The second kappa shape index (κ2) is 7.64. The van der Waals surface area contributed by atoms with Crippen molar-refractivity contribution in [2.75, 3.05) is 12.3 Å². The van der Waals surface area contributed by atoms with Crippen LogP contribution in [0.3, 0.4) is 0 Å². The quantitative estimate of drug-likeness (QED) is 0.471. The Bertz CT molecular complexity index is 889. The molecule has 3 heterocycles. The number of nitrogens with zero attached hydrogens (tertiary/aromatic N) is 4. The summed E-state index contributed by atoms with van der Waals surface area (Å²) in [6.45, 7) is -0.432. The van der Waals surface area contributed by atoms with Crippen LogP contribution in [-0.2, 0) is 18.3 Å². The van der Waals surface area contributed by atoms with Crippen LogP contribution in [-0.4, -0.2) is 65.6 Å². The molecular weight excluding hydrogens is 393 g/mol. The zero-order chi connectivity index (χ0) is 19.9. The third-order valence-electron chi connectivity index (χ3n) is 4.98. The number of rotatable bonds is 6. The molecule has 2 aliphatic rings. The van der Waals surface area contributed by atoms with E-state index < -0.39 is 39.0 Å². The van der Waals surface area contributed by atoms with Gasteiger partial charge in [0.1, 0.15) is 30.2 Å². The summed E-state index contributed by atoms with van der Waals surface area (Å²) in [6, 6.07) is 0. The molecule has 12 nitrogen and oxygen atoms in total. The second-order valence-corrected chi connectivity index (χ2v) is 8.31. The number of fused-ring (bicyclic) bond motifs is 1. The molecule has 0 bridgehead atoms. The minimum absolute atomic E-state index is 0.168. The summed E-state index contributed by atoms with van der Waals surface area (Å²) in [5.41, 5.74) is 6.40. The first kappa shape index (κ1) is 19.6. The van der Waals surface area contributed by atoms with Crippen LogP contribution < -0.4 is 5.73 Å². The Morgan fingerprint density at radius 1 is 1.25 bits per heavy atom. The van der Waals surface area contributed by atoms with E-state index in [1.807, 2.05) is 0 Å². The van der Waals surface area contributed by atoms with Gasteiger partial charge in [0, 0.05) is 0 Å². The van der Waals surface area contributed by atoms with E-state index in [-0.39, 0.29) is 11.9 Å². The number of phosphoric ester groups is 1. The second-order valence-electron chi connectivity index (χ2n) is 6.91. The molecule has 0 spiro atoms. The lowest BCUT2D eigenvalue weighted by Crippen LogP contribution is -2.33. The number of hydrogen-bond donors (Lipinski definition) is 4. The van der Waals surface area contributed by atoms with E-state index >= 15 is 0 Å². The van der Waals surface area contributed by atoms with E-state index in [1.165, 1.54) is 17.2 Å². The number of anilines is 1. The number of aromatic nitrogens is 4. The van der Waals surface area contributed by atoms with Crippen LogP contribution in [0.1, 0.15) is 31.9 Å². The van der Waals surface area contributed by atoms with Gasteiger partial charge in [-0.2, -0.15) is 0 Å². The molecule has 1 unspecified atom stereocenters. The van der Waals surface area contributed by atoms with Gasteiger partial charge in [0.25, 0.3) is 0 Å². The molecule has 2 aromatic heterocycles. The van der Waals surface area contributed by atoms with Gasteiger partial charge in [0.05, 0.1) is 19.0 Å². The van der Waals surface area contributed by atoms with Crippen molar-refractivity contribution in [2.24, 2.45) is 0 Å². The van der Waals surface area contributed by atoms with Crippen molar-refractivity contribution in [1.82, 2.24) is 19.5 Å². The Morgan fingerprint density at radius 3 is 2.75 bits per heavy atom. The highest BCUT2D eigenvalue weighted by molar-refractivity contribution is 7.47. The fourth-order valence-electron chi connectivity index (χ4n) is 3.53. The summed E-state index contributed by atoms with van der Waals surface area (Å²) >= 11 is 0. The summed E-state index contributed by atoms with van der Waals surface area (Å²) in [5.74, 6) is 0.168. The fraction of sp³-hybridized carbons (Fsp3) is 0.667. The van der Waals surface area contributed by atoms with E-state index in [1.54, 1.807) is 0 Å². The van der Waals surface area contributed by atoms with E-state index in [0.717, 1.165) is 12.8 Å². The SMILES string of the molecule is Nc1ncnc2c1ncn2[C@@H]1O[C@H](COP(=O)(O)OC2CCCC2)[C@@H](O)[C@H]1O. The van der Waals surface area contributed by atoms with Gasteiger partial charge in [-0.05, 0) is 12.8 Å². The Hall–Kier alpha value is -1.66. The molecule has 154 valence electrons. The largest absolute Gasteiger partial charge is 0.472 e. The highest BCUT2D eigenvalue weighted by Gasteiger charge is 2.45. The number of nitrogen functional groups attached to an aromatic ring is 1. The molecule has 2 fully saturated rings. The van der Waals surface area contributed by atoms with Crippen LogP contribution in [0.5, 0.6) is 0 Å². The molecule has 0 radical (unpaired) electrons. The van der Waals surface area contributed by atoms with Gasteiger partial charge in [0.15, 0.2) is 17.7 Å². The average Bonchev–Trinajstić information content (AvgIpc) is 3.36. The molecule has 0 amide bonds. The molecule has 1 saturated heterocycles. The van der Waals surface area contributed by atoms with Crippen LogP contribution >= 0.6 is 7.82 Å². The maximum absolute atomic E-state index is 12.1. The average molecular weight is 415 g/mol. The molecule has 13 heteroatoms. The number of ether oxygens (including phenoxy) is 1. The fourth-order valence-corrected chi connectivity index (χ4v) is 4.52. The van der Waals surface area contributed by atoms with Crippen LogP contribution in [0.25, 0.3) is 11.2 Å². The number of imidazole rings is 1. The minimum Gasteiger partial charge on any atom is -0.387 e. The first-order valence-corrected chi connectivity index (χ1v) is 10.5. The molecule has 5 N–H and O–H groups in total. The first-order valence-electron chi connectivity index (χ1n) is 8.96. The lowest BCUT2D eigenvalue weighted by molar-refractivity contribution is -0.0524. The van der Waals surface area contributed by atoms with Gasteiger partial charge in [0.2, 0.25) is 0 Å². The molecule has 1 saturated carbocycles. The van der Waals surface area contributed by atoms with Gasteiger partial charge in [-0.1, -0.05) is 12.8 Å². The van der Waals surface area contributed by atoms with Crippen molar-refractivity contribution in [3.63, 3.8) is 0 Å². The lowest BCUT2D eigenvalue weighted by Gasteiger charge is -2.19. The third-order valence-corrected chi connectivity index (χ3v) is 6.02. The zero-order valence-corrected chi connectivity index (χ0v) is 15.8. The van der Waals surface area contributed by atoms with E-state index in [0.29, 0.717) is 24.0 Å². The molecule has 2 aromatic rings. The van der Waals surface area contributed by atoms with Crippen LogP contribution in [0.4, 0.5) is 5.82 Å². The summed E-state index contributed by atoms with van der Waals surface area (Å²) in [6.07, 6.45) is 0.810. The van der Waals surface area contributed by atoms with Crippen molar-refractivity contribution in [2.45, 2.75) is 56.3 Å². The van der Waals surface area contributed by atoms with Gasteiger partial charge in [-0.25, -0.2) is 19.5 Å². The number of nitrogens with two attached hydrogens (primary N) is 1. The molecule has 0 aromatic carbocycles. The molecule has 28 heavy (non-hydrogen) atoms. The van der Waals surface area contributed by atoms with Crippen molar-refractivity contribution >= 4 is 24.8 Å². The molecule has 1 aliphatic carbocycles. The Labute approximate surface area is 159 Å². The smallest absolute Gasteiger partial charge is 0.387 e. The van der Waals surface area contributed by atoms with Crippen molar-refractivity contribution < 1.29 is 33.5 Å². The first-order chi connectivity index (χ1) is 13.4. The van der Waals surface area contributed by atoms with Gasteiger partial charge in [-0.15, -0.1) is 0 Å². The monoisotopic (exact) mass is 415 g/mol. The topological polar surface area (TPSA) is 175 Å². The van der Waals surface area contributed by atoms with Gasteiger partial charge >= 0.3 is 7.82 Å². The van der Waals surface area contributed by atoms with E-state index in [2.05, 4.69) is 15.0 Å². The predicted molar refractivity (Wildman–Crippen MR) is 94.8 cm³/mol. The maximum atomic E-state index is 12.1. The minimum atomic E-state index is -4.29. The third kappa shape index (κ3) is 3.77. The number of aliphatic hydroxyl groups is 2. The standard InChI is InChI=1S/C15H22N5O7P/c16-13-10-14(18-6-17-13)20(7-19-10)15-12(22)11(21)9(26-15)5-25-28(23,24)27-8-3-1-2-4-8/h6-9,11-12,15,21-22H,1-5H2,(H,23,24)(H2,16,17,18)/t9-,11-,12-,15-/m1/s1. The highest BCUT2D eigenvalue weighted by Crippen LogP contribution is 2.48. The van der Waals surface area contributed by atoms with Crippen LogP contribution in [0.2, 0.25) is 0 Å². The molecular formula is C15H22N5O7P. The number of phosphoric acid groups is 1. The molecule has 1 aliphatic heterocycles. The Morgan fingerprint density at radius 2 is 2.00 bits per heavy atom. The number of hydrogen-bond acceptors (Lipinski definition) is 10.